The van der Waals surface area contributed by atoms with Crippen molar-refractivity contribution >= 4 is 0 Å². The topological polar surface area (TPSA) is 9.23 Å². The van der Waals surface area contributed by atoms with Crippen LogP contribution >= 0.6 is 0 Å². The van der Waals surface area contributed by atoms with Crippen LogP contribution in [-0.4, -0.2) is 6.36 Å². The molecule has 8 heavy (non-hydrogen) atoms. The first-order valence-electron chi connectivity index (χ1n) is 2.06. The number of halogens is 3. The van der Waals surface area contributed by atoms with Crippen molar-refractivity contribution < 1.29 is 34.2 Å². The maximum absolute atomic E-state index is 11.0. The predicted molar refractivity (Wildman–Crippen MR) is 17.3 cm³/mol. The normalized spacial score (nSPS) is 11.0. The fourth-order valence-electron chi connectivity index (χ4n) is 0.188. The molecular weight excluding hydrogens is 174 g/mol. The Morgan fingerprint density at radius 2 is 2.00 bits per heavy atom. The minimum absolute atomic E-state index is 0.326. The molecule has 0 rings (SSSR count). The Labute approximate surface area is 53.2 Å². The van der Waals surface area contributed by atoms with E-state index in [-0.39, 0.29) is 0 Å². The monoisotopic (exact) mass is 177 g/mol. The molecule has 1 radical (unpaired) electrons. The van der Waals surface area contributed by atoms with Gasteiger partial charge < -0.3 is 0 Å². The second-order valence-electron chi connectivity index (χ2n) is 1.15. The van der Waals surface area contributed by atoms with Gasteiger partial charge >= 0.3 is 52.5 Å². The molecule has 0 N–H and O–H groups in total. The Bertz CT molecular complexity index is 62.0. The minimum atomic E-state index is -4.41. The molecule has 0 aromatic rings. The molecule has 0 unspecified atom stereocenters. The summed E-state index contributed by atoms with van der Waals surface area (Å²) in [4.78, 5) is 0. The number of hydrogen-bond donors (Lipinski definition) is 0. The molecular formula is C3H4F3OZn. The van der Waals surface area contributed by atoms with E-state index in [2.05, 4.69) is 10.5 Å². The van der Waals surface area contributed by atoms with Crippen molar-refractivity contribution in [3.05, 3.63) is 6.92 Å². The van der Waals surface area contributed by atoms with Crippen LogP contribution in [0.25, 0.3) is 0 Å². The van der Waals surface area contributed by atoms with E-state index in [1.54, 1.807) is 0 Å². The maximum atomic E-state index is 11.0. The van der Waals surface area contributed by atoms with Crippen LogP contribution in [0.5, 0.6) is 0 Å². The molecule has 45 valence electrons. The number of alkyl halides is 3. The zero-order valence-corrected chi connectivity index (χ0v) is 7.13. The van der Waals surface area contributed by atoms with Crippen molar-refractivity contribution in [2.45, 2.75) is 11.4 Å². The first-order valence-corrected chi connectivity index (χ1v) is 5.37. The van der Waals surface area contributed by atoms with Crippen LogP contribution < -0.4 is 0 Å². The SMILES string of the molecule is [CH2][CH2][Zn][O]C(F)(F)F. The van der Waals surface area contributed by atoms with E-state index in [1.165, 1.54) is 0 Å². The van der Waals surface area contributed by atoms with E-state index in [1.807, 2.05) is 0 Å². The van der Waals surface area contributed by atoms with Gasteiger partial charge in [-0.3, -0.25) is 0 Å². The Balaban J connectivity index is 3.11. The van der Waals surface area contributed by atoms with Crippen LogP contribution in [-0.2, 0) is 21.1 Å². The van der Waals surface area contributed by atoms with Crippen LogP contribution in [0.2, 0.25) is 5.02 Å². The molecule has 0 heterocycles. The van der Waals surface area contributed by atoms with E-state index in [0.717, 1.165) is 0 Å². The fraction of sp³-hybridized carbons (Fsp3) is 0.667. The molecule has 0 aliphatic rings. The molecule has 0 aliphatic heterocycles. The van der Waals surface area contributed by atoms with E-state index in [9.17, 15) is 13.2 Å². The summed E-state index contributed by atoms with van der Waals surface area (Å²) in [6.07, 6.45) is -4.41. The zero-order valence-electron chi connectivity index (χ0n) is 4.16. The van der Waals surface area contributed by atoms with Gasteiger partial charge in [0.15, 0.2) is 0 Å². The van der Waals surface area contributed by atoms with Crippen LogP contribution in [0.3, 0.4) is 0 Å². The van der Waals surface area contributed by atoms with Gasteiger partial charge in [0.1, 0.15) is 0 Å². The quantitative estimate of drug-likeness (QED) is 0.586. The summed E-state index contributed by atoms with van der Waals surface area (Å²) >= 11 is -1.79. The van der Waals surface area contributed by atoms with Gasteiger partial charge in [-0.25, -0.2) is 0 Å². The summed E-state index contributed by atoms with van der Waals surface area (Å²) in [6, 6.07) is 0. The Morgan fingerprint density at radius 1 is 1.50 bits per heavy atom. The number of hydrogen-bond acceptors (Lipinski definition) is 1. The molecule has 0 bridgehead atoms. The second-order valence-corrected chi connectivity index (χ2v) is 4.09. The van der Waals surface area contributed by atoms with E-state index >= 15 is 0 Å². The first-order chi connectivity index (χ1) is 3.56. The summed E-state index contributed by atoms with van der Waals surface area (Å²) in [7, 11) is 0. The van der Waals surface area contributed by atoms with E-state index < -0.39 is 23.8 Å². The van der Waals surface area contributed by atoms with Gasteiger partial charge in [-0.05, 0) is 0 Å². The Hall–Kier alpha value is 0.373. The summed E-state index contributed by atoms with van der Waals surface area (Å²) in [6.45, 7) is 3.25. The van der Waals surface area contributed by atoms with Crippen molar-refractivity contribution in [1.82, 2.24) is 0 Å². The van der Waals surface area contributed by atoms with Gasteiger partial charge in [0.05, 0.1) is 0 Å². The predicted octanol–water partition coefficient (Wildman–Crippen LogP) is 1.77. The van der Waals surface area contributed by atoms with Crippen LogP contribution in [0, 0.1) is 6.92 Å². The summed E-state index contributed by atoms with van der Waals surface area (Å²) in [5, 5.41) is 0.326. The van der Waals surface area contributed by atoms with Crippen molar-refractivity contribution in [3.8, 4) is 0 Å². The molecule has 0 spiro atoms. The molecule has 0 aromatic heterocycles. The van der Waals surface area contributed by atoms with E-state index in [4.69, 9.17) is 0 Å². The van der Waals surface area contributed by atoms with Gasteiger partial charge in [-0.15, -0.1) is 0 Å². The third-order valence-electron chi connectivity index (χ3n) is 0.410. The molecule has 5 heteroatoms. The van der Waals surface area contributed by atoms with Crippen LogP contribution in [0.1, 0.15) is 0 Å². The molecule has 0 saturated heterocycles. The van der Waals surface area contributed by atoms with Crippen molar-refractivity contribution in [1.29, 1.82) is 0 Å². The van der Waals surface area contributed by atoms with E-state index in [0.29, 0.717) is 5.02 Å². The zero-order chi connectivity index (χ0) is 6.62. The fourth-order valence-corrected chi connectivity index (χ4v) is 0.976. The summed E-state index contributed by atoms with van der Waals surface area (Å²) in [5.74, 6) is 0. The number of rotatable bonds is 2. The third kappa shape index (κ3) is 6.37. The third-order valence-corrected chi connectivity index (χ3v) is 2.13. The van der Waals surface area contributed by atoms with Gasteiger partial charge in [0, 0.05) is 0 Å². The Kier molecular flexibility index (Phi) is 3.57. The van der Waals surface area contributed by atoms with Gasteiger partial charge in [0.2, 0.25) is 0 Å². The average Bonchev–Trinajstić information content (AvgIpc) is 1.59. The van der Waals surface area contributed by atoms with Crippen molar-refractivity contribution in [2.24, 2.45) is 0 Å². The molecule has 0 amide bonds. The van der Waals surface area contributed by atoms with Gasteiger partial charge in [-0.2, -0.15) is 0 Å². The first kappa shape index (κ1) is 8.37. The van der Waals surface area contributed by atoms with Crippen LogP contribution in [0.15, 0.2) is 0 Å². The van der Waals surface area contributed by atoms with Gasteiger partial charge in [0.25, 0.3) is 0 Å². The van der Waals surface area contributed by atoms with Crippen molar-refractivity contribution in [3.63, 3.8) is 0 Å². The molecule has 1 nitrogen and oxygen atoms in total. The second kappa shape index (κ2) is 3.41. The summed E-state index contributed by atoms with van der Waals surface area (Å²) < 4.78 is 36.6. The van der Waals surface area contributed by atoms with Gasteiger partial charge in [-0.1, -0.05) is 0 Å². The standard InChI is InChI=1S/C2H4.CF3O.Zn/c1-2;2-1(3,4)5;/h1-2H2;;/q;-1;+1. The molecule has 0 aliphatic carbocycles. The molecule has 0 aromatic carbocycles. The average molecular weight is 178 g/mol. The van der Waals surface area contributed by atoms with Crippen molar-refractivity contribution in [2.75, 3.05) is 0 Å². The molecule has 0 saturated carbocycles. The molecule has 0 atom stereocenters. The molecule has 0 fully saturated rings. The van der Waals surface area contributed by atoms with Crippen LogP contribution in [0.4, 0.5) is 13.2 Å². The Morgan fingerprint density at radius 3 is 2.12 bits per heavy atom. The summed E-state index contributed by atoms with van der Waals surface area (Å²) in [5.41, 5.74) is 0.